The van der Waals surface area contributed by atoms with Crippen molar-refractivity contribution in [3.8, 4) is 0 Å². The third-order valence-electron chi connectivity index (χ3n) is 2.60. The van der Waals surface area contributed by atoms with E-state index in [-0.39, 0.29) is 16.5 Å². The molecule has 0 aliphatic carbocycles. The fraction of sp³-hybridized carbons (Fsp3) is 0.333. The number of carbonyl (C=O) groups is 1. The average Bonchev–Trinajstić information content (AvgIpc) is 2.80. The van der Waals surface area contributed by atoms with Crippen LogP contribution in [0.25, 0.3) is 11.1 Å². The van der Waals surface area contributed by atoms with Crippen LogP contribution in [0.1, 0.15) is 23.2 Å². The van der Waals surface area contributed by atoms with Crippen LogP contribution in [0.15, 0.2) is 10.5 Å². The van der Waals surface area contributed by atoms with E-state index < -0.39 is 0 Å². The standard InChI is InChI=1S/C12H13Cl2N3O2/c1-3-16-5-8-17-10-9(12(18)15-2)6(13)4-7(14)11(10)19-8/h4,16H,3,5H2,1-2H3,(H,15,18). The second-order valence-electron chi connectivity index (χ2n) is 3.86. The first-order chi connectivity index (χ1) is 9.08. The number of hydrogen-bond donors (Lipinski definition) is 2. The highest BCUT2D eigenvalue weighted by Gasteiger charge is 2.21. The number of carbonyl (C=O) groups excluding carboxylic acids is 1. The van der Waals surface area contributed by atoms with E-state index in [0.717, 1.165) is 6.54 Å². The van der Waals surface area contributed by atoms with Crippen molar-refractivity contribution in [2.45, 2.75) is 13.5 Å². The molecule has 0 aliphatic rings. The van der Waals surface area contributed by atoms with Gasteiger partial charge in [-0.25, -0.2) is 4.98 Å². The monoisotopic (exact) mass is 301 g/mol. The van der Waals surface area contributed by atoms with Gasteiger partial charge in [0.25, 0.3) is 5.91 Å². The van der Waals surface area contributed by atoms with E-state index in [2.05, 4.69) is 15.6 Å². The van der Waals surface area contributed by atoms with E-state index in [0.29, 0.717) is 28.6 Å². The van der Waals surface area contributed by atoms with E-state index >= 15 is 0 Å². The summed E-state index contributed by atoms with van der Waals surface area (Å²) in [6.45, 7) is 3.23. The highest BCUT2D eigenvalue weighted by molar-refractivity contribution is 6.40. The van der Waals surface area contributed by atoms with Gasteiger partial charge in [0, 0.05) is 7.05 Å². The van der Waals surface area contributed by atoms with Gasteiger partial charge >= 0.3 is 0 Å². The maximum atomic E-state index is 11.8. The van der Waals surface area contributed by atoms with Gasteiger partial charge in [-0.2, -0.15) is 0 Å². The third-order valence-corrected chi connectivity index (χ3v) is 3.18. The lowest BCUT2D eigenvalue weighted by Gasteiger charge is -2.03. The Labute approximate surface area is 120 Å². The number of aromatic nitrogens is 1. The van der Waals surface area contributed by atoms with Crippen molar-refractivity contribution in [3.05, 3.63) is 27.6 Å². The molecule has 1 heterocycles. The largest absolute Gasteiger partial charge is 0.438 e. The molecule has 1 aromatic carbocycles. The van der Waals surface area contributed by atoms with Gasteiger partial charge in [-0.15, -0.1) is 0 Å². The van der Waals surface area contributed by atoms with Crippen LogP contribution in [0.4, 0.5) is 0 Å². The average molecular weight is 302 g/mol. The summed E-state index contributed by atoms with van der Waals surface area (Å²) >= 11 is 12.1. The number of halogens is 2. The normalized spacial score (nSPS) is 10.9. The van der Waals surface area contributed by atoms with Crippen LogP contribution in [0.5, 0.6) is 0 Å². The third kappa shape index (κ3) is 2.68. The predicted octanol–water partition coefficient (Wildman–Crippen LogP) is 2.60. The Morgan fingerprint density at radius 2 is 2.16 bits per heavy atom. The van der Waals surface area contributed by atoms with Gasteiger partial charge in [0.05, 0.1) is 22.2 Å². The van der Waals surface area contributed by atoms with Crippen molar-refractivity contribution in [2.75, 3.05) is 13.6 Å². The van der Waals surface area contributed by atoms with Crippen molar-refractivity contribution in [3.63, 3.8) is 0 Å². The Bertz CT molecular complexity index is 625. The van der Waals surface area contributed by atoms with Crippen LogP contribution in [0, 0.1) is 0 Å². The zero-order chi connectivity index (χ0) is 14.0. The molecule has 0 unspecified atom stereocenters. The van der Waals surface area contributed by atoms with Crippen LogP contribution in [-0.2, 0) is 6.54 Å². The molecule has 0 bridgehead atoms. The first kappa shape index (κ1) is 14.1. The summed E-state index contributed by atoms with van der Waals surface area (Å²) in [5.74, 6) is 0.140. The molecule has 0 saturated carbocycles. The Morgan fingerprint density at radius 3 is 2.79 bits per heavy atom. The van der Waals surface area contributed by atoms with Gasteiger partial charge in [0.2, 0.25) is 5.89 Å². The minimum Gasteiger partial charge on any atom is -0.438 e. The molecule has 7 heteroatoms. The van der Waals surface area contributed by atoms with Crippen LogP contribution in [-0.4, -0.2) is 24.5 Å². The van der Waals surface area contributed by atoms with Gasteiger partial charge in [-0.1, -0.05) is 30.1 Å². The van der Waals surface area contributed by atoms with Crippen molar-refractivity contribution >= 4 is 40.2 Å². The number of hydrogen-bond acceptors (Lipinski definition) is 4. The van der Waals surface area contributed by atoms with E-state index in [1.165, 1.54) is 13.1 Å². The number of fused-ring (bicyclic) bond motifs is 1. The minimum absolute atomic E-state index is 0.250. The molecule has 2 rings (SSSR count). The number of nitrogens with one attached hydrogen (secondary N) is 2. The van der Waals surface area contributed by atoms with Crippen LogP contribution in [0.2, 0.25) is 10.0 Å². The van der Waals surface area contributed by atoms with Gasteiger partial charge in [-0.3, -0.25) is 4.79 Å². The molecule has 1 amide bonds. The van der Waals surface area contributed by atoms with E-state index in [9.17, 15) is 4.79 Å². The molecule has 0 saturated heterocycles. The van der Waals surface area contributed by atoms with Gasteiger partial charge in [0.1, 0.15) is 5.52 Å². The molecule has 0 aliphatic heterocycles. The topological polar surface area (TPSA) is 67.2 Å². The van der Waals surface area contributed by atoms with Crippen molar-refractivity contribution in [2.24, 2.45) is 0 Å². The summed E-state index contributed by atoms with van der Waals surface area (Å²) in [5, 5.41) is 6.20. The lowest BCUT2D eigenvalue weighted by molar-refractivity contribution is 0.0964. The van der Waals surface area contributed by atoms with Crippen molar-refractivity contribution < 1.29 is 9.21 Å². The zero-order valence-corrected chi connectivity index (χ0v) is 12.0. The second-order valence-corrected chi connectivity index (χ2v) is 4.67. The lowest BCUT2D eigenvalue weighted by Crippen LogP contribution is -2.18. The zero-order valence-electron chi connectivity index (χ0n) is 10.5. The highest BCUT2D eigenvalue weighted by Crippen LogP contribution is 2.32. The van der Waals surface area contributed by atoms with Gasteiger partial charge < -0.3 is 15.1 Å². The summed E-state index contributed by atoms with van der Waals surface area (Å²) < 4.78 is 5.55. The van der Waals surface area contributed by atoms with Crippen LogP contribution >= 0.6 is 23.2 Å². The summed E-state index contributed by atoms with van der Waals surface area (Å²) in [6.07, 6.45) is 0. The first-order valence-electron chi connectivity index (χ1n) is 5.78. The Balaban J connectivity index is 2.60. The number of rotatable bonds is 4. The fourth-order valence-electron chi connectivity index (χ4n) is 1.71. The smallest absolute Gasteiger partial charge is 0.254 e. The van der Waals surface area contributed by atoms with E-state index in [1.54, 1.807) is 0 Å². The van der Waals surface area contributed by atoms with E-state index in [1.807, 2.05) is 6.92 Å². The van der Waals surface area contributed by atoms with Crippen molar-refractivity contribution in [1.82, 2.24) is 15.6 Å². The number of oxazole rings is 1. The van der Waals surface area contributed by atoms with E-state index in [4.69, 9.17) is 27.6 Å². The Hall–Kier alpha value is -1.30. The quantitative estimate of drug-likeness (QED) is 0.911. The summed E-state index contributed by atoms with van der Waals surface area (Å²) in [7, 11) is 1.53. The minimum atomic E-state index is -0.324. The molecule has 19 heavy (non-hydrogen) atoms. The molecule has 0 fully saturated rings. The molecule has 102 valence electrons. The second kappa shape index (κ2) is 5.77. The number of amides is 1. The molecule has 0 atom stereocenters. The molecule has 1 aromatic heterocycles. The molecular formula is C12H13Cl2N3O2. The van der Waals surface area contributed by atoms with Gasteiger partial charge in [0.15, 0.2) is 5.58 Å². The molecular weight excluding hydrogens is 289 g/mol. The summed E-state index contributed by atoms with van der Waals surface area (Å²) in [5.41, 5.74) is 1.03. The van der Waals surface area contributed by atoms with Crippen LogP contribution in [0.3, 0.4) is 0 Å². The molecule has 5 nitrogen and oxygen atoms in total. The van der Waals surface area contributed by atoms with Crippen molar-refractivity contribution in [1.29, 1.82) is 0 Å². The van der Waals surface area contributed by atoms with Gasteiger partial charge in [-0.05, 0) is 12.6 Å². The number of nitrogens with zero attached hydrogens (tertiary/aromatic N) is 1. The molecule has 0 spiro atoms. The highest BCUT2D eigenvalue weighted by atomic mass is 35.5. The molecule has 2 aromatic rings. The maximum absolute atomic E-state index is 11.8. The summed E-state index contributed by atoms with van der Waals surface area (Å²) in [4.78, 5) is 16.1. The summed E-state index contributed by atoms with van der Waals surface area (Å²) in [6, 6.07) is 1.48. The predicted molar refractivity (Wildman–Crippen MR) is 74.8 cm³/mol. The lowest BCUT2D eigenvalue weighted by atomic mass is 10.1. The fourth-order valence-corrected chi connectivity index (χ4v) is 2.28. The number of benzene rings is 1. The Morgan fingerprint density at radius 1 is 1.42 bits per heavy atom. The first-order valence-corrected chi connectivity index (χ1v) is 6.54. The molecule has 0 radical (unpaired) electrons. The maximum Gasteiger partial charge on any atom is 0.254 e. The van der Waals surface area contributed by atoms with Crippen LogP contribution < -0.4 is 10.6 Å². The Kier molecular flexibility index (Phi) is 4.29. The molecule has 2 N–H and O–H groups in total. The SMILES string of the molecule is CCNCc1nc2c(C(=O)NC)c(Cl)cc(Cl)c2o1.